The van der Waals surface area contributed by atoms with Gasteiger partial charge in [0.15, 0.2) is 0 Å². The van der Waals surface area contributed by atoms with Gasteiger partial charge in [0, 0.05) is 38.7 Å². The molecule has 0 spiro atoms. The third-order valence-corrected chi connectivity index (χ3v) is 12.8. The molecule has 0 amide bonds. The van der Waals surface area contributed by atoms with Crippen LogP contribution in [0.2, 0.25) is 0 Å². The lowest BCUT2D eigenvalue weighted by atomic mass is 9.77. The van der Waals surface area contributed by atoms with Crippen molar-refractivity contribution >= 4 is 38.9 Å². The van der Waals surface area contributed by atoms with E-state index in [0.717, 1.165) is 23.0 Å². The summed E-state index contributed by atoms with van der Waals surface area (Å²) in [6.07, 6.45) is 3.49. The van der Waals surface area contributed by atoms with Crippen LogP contribution in [0.5, 0.6) is 0 Å². The van der Waals surface area contributed by atoms with Crippen LogP contribution in [-0.4, -0.2) is 0 Å². The van der Waals surface area contributed by atoms with Crippen LogP contribution in [-0.2, 0) is 21.7 Å². The molecule has 1 atom stereocenters. The van der Waals surface area contributed by atoms with Crippen LogP contribution in [0.3, 0.4) is 0 Å². The van der Waals surface area contributed by atoms with E-state index in [2.05, 4.69) is 184 Å². The van der Waals surface area contributed by atoms with E-state index in [0.29, 0.717) is 5.92 Å². The number of nitrogens with zero attached hydrogens (tertiary/aromatic N) is 1. The van der Waals surface area contributed by atoms with Gasteiger partial charge in [-0.25, -0.2) is 0 Å². The van der Waals surface area contributed by atoms with Crippen LogP contribution < -0.4 is 4.90 Å². The standard InChI is InChI=1S/C51H53NO/c1-30-24-35(29-44-47(30)39-14-12-13-15-41(39)50(44,8)9)52(33-19-23-45-40(27-33)38-21-17-32(49(5,6)7)26-46(38)53-45)34-18-22-37-36-20-16-31(48(2,3)4)25-42(36)51(10,11)43(37)28-34/h12-23,25-30H,24H2,1-11H3. The van der Waals surface area contributed by atoms with Gasteiger partial charge in [-0.05, 0) is 121 Å². The van der Waals surface area contributed by atoms with Gasteiger partial charge in [0.2, 0.25) is 0 Å². The maximum atomic E-state index is 6.53. The van der Waals surface area contributed by atoms with Gasteiger partial charge in [-0.3, -0.25) is 0 Å². The van der Waals surface area contributed by atoms with Crippen LogP contribution in [0.1, 0.15) is 116 Å². The second-order valence-corrected chi connectivity index (χ2v) is 19.2. The zero-order valence-corrected chi connectivity index (χ0v) is 33.5. The molecule has 268 valence electrons. The summed E-state index contributed by atoms with van der Waals surface area (Å²) in [7, 11) is 0. The number of hydrogen-bond donors (Lipinski definition) is 0. The van der Waals surface area contributed by atoms with Gasteiger partial charge in [0.1, 0.15) is 11.2 Å². The van der Waals surface area contributed by atoms with E-state index < -0.39 is 0 Å². The molecule has 9 rings (SSSR count). The molecule has 2 heteroatoms. The summed E-state index contributed by atoms with van der Waals surface area (Å²) >= 11 is 0. The molecule has 0 bridgehead atoms. The first-order chi connectivity index (χ1) is 24.9. The molecular weight excluding hydrogens is 643 g/mol. The zero-order chi connectivity index (χ0) is 37.4. The van der Waals surface area contributed by atoms with Crippen LogP contribution in [0.4, 0.5) is 11.4 Å². The fourth-order valence-corrected chi connectivity index (χ4v) is 9.66. The Balaban J connectivity index is 1.24. The molecule has 0 saturated heterocycles. The molecule has 0 fully saturated rings. The van der Waals surface area contributed by atoms with Gasteiger partial charge in [-0.15, -0.1) is 0 Å². The number of allylic oxidation sites excluding steroid dienone is 4. The Morgan fingerprint density at radius 2 is 1.21 bits per heavy atom. The van der Waals surface area contributed by atoms with Crippen molar-refractivity contribution in [3.05, 3.63) is 148 Å². The first-order valence-electron chi connectivity index (χ1n) is 19.6. The molecule has 0 saturated carbocycles. The third-order valence-electron chi connectivity index (χ3n) is 12.8. The van der Waals surface area contributed by atoms with E-state index in [1.165, 1.54) is 78.1 Å². The molecule has 0 radical (unpaired) electrons. The molecule has 1 aromatic heterocycles. The highest BCUT2D eigenvalue weighted by Gasteiger charge is 2.42. The Morgan fingerprint density at radius 1 is 0.585 bits per heavy atom. The Hall–Kier alpha value is -4.82. The van der Waals surface area contributed by atoms with Gasteiger partial charge in [-0.2, -0.15) is 0 Å². The van der Waals surface area contributed by atoms with E-state index >= 15 is 0 Å². The van der Waals surface area contributed by atoms with Gasteiger partial charge >= 0.3 is 0 Å². The molecule has 1 heterocycles. The summed E-state index contributed by atoms with van der Waals surface area (Å²) in [5.41, 5.74) is 19.6. The molecule has 3 aliphatic carbocycles. The first kappa shape index (κ1) is 34.0. The van der Waals surface area contributed by atoms with Gasteiger partial charge in [-0.1, -0.05) is 137 Å². The van der Waals surface area contributed by atoms with E-state index in [1.807, 2.05) is 0 Å². The number of hydrogen-bond acceptors (Lipinski definition) is 2. The molecule has 1 unspecified atom stereocenters. The summed E-state index contributed by atoms with van der Waals surface area (Å²) in [5.74, 6) is 0.385. The van der Waals surface area contributed by atoms with E-state index in [4.69, 9.17) is 4.42 Å². The monoisotopic (exact) mass is 695 g/mol. The summed E-state index contributed by atoms with van der Waals surface area (Å²) in [6, 6.07) is 37.0. The fourth-order valence-electron chi connectivity index (χ4n) is 9.66. The van der Waals surface area contributed by atoms with Crippen LogP contribution in [0.15, 0.2) is 119 Å². The minimum absolute atomic E-state index is 0.0514. The third kappa shape index (κ3) is 5.04. The van der Waals surface area contributed by atoms with E-state index in [9.17, 15) is 0 Å². The van der Waals surface area contributed by atoms with Crippen molar-refractivity contribution in [3.8, 4) is 11.1 Å². The molecule has 6 aromatic rings. The van der Waals surface area contributed by atoms with Crippen molar-refractivity contribution in [2.45, 2.75) is 104 Å². The summed E-state index contributed by atoms with van der Waals surface area (Å²) < 4.78 is 6.53. The minimum atomic E-state index is -0.123. The summed E-state index contributed by atoms with van der Waals surface area (Å²) in [6.45, 7) is 25.8. The predicted octanol–water partition coefficient (Wildman–Crippen LogP) is 14.3. The van der Waals surface area contributed by atoms with Crippen molar-refractivity contribution in [1.82, 2.24) is 0 Å². The smallest absolute Gasteiger partial charge is 0.135 e. The van der Waals surface area contributed by atoms with Crippen LogP contribution in [0.25, 0.3) is 38.6 Å². The minimum Gasteiger partial charge on any atom is -0.456 e. The molecule has 2 nitrogen and oxygen atoms in total. The number of benzene rings is 5. The highest BCUT2D eigenvalue weighted by Crippen LogP contribution is 2.55. The molecule has 5 aromatic carbocycles. The topological polar surface area (TPSA) is 16.4 Å². The van der Waals surface area contributed by atoms with Crippen molar-refractivity contribution in [2.75, 3.05) is 4.90 Å². The largest absolute Gasteiger partial charge is 0.456 e. The summed E-state index contributed by atoms with van der Waals surface area (Å²) in [4.78, 5) is 2.56. The van der Waals surface area contributed by atoms with Crippen molar-refractivity contribution < 1.29 is 4.42 Å². The Bertz CT molecular complexity index is 2570. The first-order valence-corrected chi connectivity index (χ1v) is 19.6. The van der Waals surface area contributed by atoms with E-state index in [1.54, 1.807) is 0 Å². The van der Waals surface area contributed by atoms with Crippen LogP contribution in [0, 0.1) is 5.92 Å². The number of fused-ring (bicyclic) bond motifs is 8. The second-order valence-electron chi connectivity index (χ2n) is 19.2. The zero-order valence-electron chi connectivity index (χ0n) is 33.5. The number of furan rings is 1. The number of anilines is 2. The maximum absolute atomic E-state index is 6.53. The molecule has 0 aliphatic heterocycles. The Kier molecular flexibility index (Phi) is 7.12. The predicted molar refractivity (Wildman–Crippen MR) is 226 cm³/mol. The van der Waals surface area contributed by atoms with Crippen molar-refractivity contribution in [2.24, 2.45) is 5.92 Å². The Labute approximate surface area is 316 Å². The average molecular weight is 696 g/mol. The Morgan fingerprint density at radius 3 is 1.94 bits per heavy atom. The molecular formula is C51H53NO. The molecule has 53 heavy (non-hydrogen) atoms. The highest BCUT2D eigenvalue weighted by atomic mass is 16.3. The normalized spacial score (nSPS) is 18.5. The van der Waals surface area contributed by atoms with Gasteiger partial charge in [0.25, 0.3) is 0 Å². The van der Waals surface area contributed by atoms with Gasteiger partial charge < -0.3 is 9.32 Å². The number of rotatable bonds is 3. The summed E-state index contributed by atoms with van der Waals surface area (Å²) in [5, 5.41) is 2.32. The van der Waals surface area contributed by atoms with Crippen molar-refractivity contribution in [1.29, 1.82) is 0 Å². The van der Waals surface area contributed by atoms with Gasteiger partial charge in [0.05, 0.1) is 0 Å². The molecule has 0 N–H and O–H groups in total. The lowest BCUT2D eigenvalue weighted by Gasteiger charge is -2.35. The second kappa shape index (κ2) is 11.1. The lowest BCUT2D eigenvalue weighted by molar-refractivity contribution is 0.584. The van der Waals surface area contributed by atoms with Crippen LogP contribution >= 0.6 is 0 Å². The molecule has 3 aliphatic rings. The SMILES string of the molecule is CC1CC(N(c2ccc3c(c2)C(C)(C)c2cc(C(C)(C)C)ccc2-3)c2ccc3oc4cc(C(C)(C)C)ccc4c3c2)=CC2=C1c1ccccc1C2(C)C. The average Bonchev–Trinajstić information content (AvgIpc) is 3.66. The fraction of sp³-hybridized carbons (Fsp3) is 0.333. The highest BCUT2D eigenvalue weighted by molar-refractivity contribution is 6.06. The lowest BCUT2D eigenvalue weighted by Crippen LogP contribution is -2.25. The van der Waals surface area contributed by atoms with Crippen molar-refractivity contribution in [3.63, 3.8) is 0 Å². The maximum Gasteiger partial charge on any atom is 0.135 e. The quantitative estimate of drug-likeness (QED) is 0.183. The van der Waals surface area contributed by atoms with E-state index in [-0.39, 0.29) is 21.7 Å².